The fraction of sp³-hybridized carbons (Fsp3) is 0.652. The minimum absolute atomic E-state index is 0.153. The predicted molar refractivity (Wildman–Crippen MR) is 116 cm³/mol. The highest BCUT2D eigenvalue weighted by Gasteiger charge is 2.56. The van der Waals surface area contributed by atoms with Crippen LogP contribution in [0.2, 0.25) is 0 Å². The molecule has 0 radical (unpaired) electrons. The highest BCUT2D eigenvalue weighted by atomic mass is 32.2. The lowest BCUT2D eigenvalue weighted by molar-refractivity contribution is -0.144. The standard InChI is InChI=1S/C23H33NO4S/c1-5-27-20(25)19(24-21(26)28-14-16-9-7-6-8-10-16)15-29-23(4)13-17-11-18(23)12-22(17,2)3/h6-10,17-19H,5,11-15H2,1-4H3,(H,24,26)/t17?,18?,19-,23?/m0/s1. The monoisotopic (exact) mass is 419 g/mol. The number of benzene rings is 1. The maximum Gasteiger partial charge on any atom is 0.408 e. The molecule has 0 saturated heterocycles. The van der Waals surface area contributed by atoms with Crippen molar-refractivity contribution in [3.05, 3.63) is 35.9 Å². The summed E-state index contributed by atoms with van der Waals surface area (Å²) in [5.74, 6) is 1.51. The molecular weight excluding hydrogens is 386 g/mol. The first-order valence-corrected chi connectivity index (χ1v) is 11.5. The van der Waals surface area contributed by atoms with E-state index < -0.39 is 18.1 Å². The molecule has 2 saturated carbocycles. The van der Waals surface area contributed by atoms with Crippen LogP contribution >= 0.6 is 11.8 Å². The number of carbonyl (C=O) groups excluding carboxylic acids is 2. The number of esters is 1. The fourth-order valence-corrected chi connectivity index (χ4v) is 6.30. The van der Waals surface area contributed by atoms with Crippen LogP contribution in [0.3, 0.4) is 0 Å². The predicted octanol–water partition coefficient (Wildman–Crippen LogP) is 4.79. The van der Waals surface area contributed by atoms with Crippen LogP contribution in [0.1, 0.15) is 52.5 Å². The molecule has 2 aliphatic rings. The summed E-state index contributed by atoms with van der Waals surface area (Å²) in [6.07, 6.45) is 3.08. The summed E-state index contributed by atoms with van der Waals surface area (Å²) >= 11 is 1.80. The molecule has 0 heterocycles. The van der Waals surface area contributed by atoms with E-state index in [1.165, 1.54) is 19.3 Å². The third-order valence-electron chi connectivity index (χ3n) is 6.62. The van der Waals surface area contributed by atoms with Gasteiger partial charge in [-0.1, -0.05) is 51.1 Å². The van der Waals surface area contributed by atoms with Crippen molar-refractivity contribution >= 4 is 23.8 Å². The Balaban J connectivity index is 1.55. The Labute approximate surface area is 178 Å². The van der Waals surface area contributed by atoms with Gasteiger partial charge in [0.1, 0.15) is 12.6 Å². The quantitative estimate of drug-likeness (QED) is 0.614. The van der Waals surface area contributed by atoms with E-state index in [4.69, 9.17) is 9.47 Å². The summed E-state index contributed by atoms with van der Waals surface area (Å²) in [6, 6.07) is 8.78. The zero-order valence-corrected chi connectivity index (χ0v) is 18.7. The van der Waals surface area contributed by atoms with Crippen LogP contribution in [-0.4, -0.2) is 35.2 Å². The van der Waals surface area contributed by atoms with Crippen molar-refractivity contribution in [3.8, 4) is 0 Å². The number of hydrogen-bond acceptors (Lipinski definition) is 5. The average Bonchev–Trinajstić information content (AvgIpc) is 3.16. The first-order chi connectivity index (χ1) is 13.7. The molecule has 0 spiro atoms. The first kappa shape index (κ1) is 22.0. The van der Waals surface area contributed by atoms with Gasteiger partial charge in [-0.15, -0.1) is 0 Å². The fourth-order valence-electron chi connectivity index (χ4n) is 4.80. The molecule has 29 heavy (non-hydrogen) atoms. The van der Waals surface area contributed by atoms with Crippen molar-refractivity contribution in [2.75, 3.05) is 12.4 Å². The molecule has 2 fully saturated rings. The number of nitrogens with one attached hydrogen (secondary N) is 1. The number of fused-ring (bicyclic) bond motifs is 2. The highest BCUT2D eigenvalue weighted by Crippen LogP contribution is 2.63. The maximum atomic E-state index is 12.4. The zero-order valence-electron chi connectivity index (χ0n) is 17.9. The molecule has 0 aliphatic heterocycles. The van der Waals surface area contributed by atoms with E-state index in [-0.39, 0.29) is 18.0 Å². The number of amides is 1. The maximum absolute atomic E-state index is 12.4. The second-order valence-corrected chi connectivity index (χ2v) is 10.7. The molecule has 2 aliphatic carbocycles. The van der Waals surface area contributed by atoms with Gasteiger partial charge in [-0.2, -0.15) is 11.8 Å². The molecular formula is C23H33NO4S. The molecule has 1 amide bonds. The Morgan fingerprint density at radius 3 is 2.45 bits per heavy atom. The van der Waals surface area contributed by atoms with Crippen molar-refractivity contribution in [1.82, 2.24) is 5.32 Å². The summed E-state index contributed by atoms with van der Waals surface area (Å²) in [7, 11) is 0. The largest absolute Gasteiger partial charge is 0.464 e. The molecule has 3 rings (SSSR count). The van der Waals surface area contributed by atoms with E-state index >= 15 is 0 Å². The van der Waals surface area contributed by atoms with Crippen molar-refractivity contribution in [2.45, 2.75) is 64.4 Å². The molecule has 5 nitrogen and oxygen atoms in total. The number of rotatable bonds is 8. The van der Waals surface area contributed by atoms with Crippen LogP contribution < -0.4 is 5.32 Å². The van der Waals surface area contributed by atoms with Crippen LogP contribution in [0.4, 0.5) is 4.79 Å². The smallest absolute Gasteiger partial charge is 0.408 e. The van der Waals surface area contributed by atoms with E-state index in [0.29, 0.717) is 17.1 Å². The topological polar surface area (TPSA) is 64.6 Å². The van der Waals surface area contributed by atoms with Crippen molar-refractivity contribution in [2.24, 2.45) is 17.3 Å². The lowest BCUT2D eigenvalue weighted by atomic mass is 9.73. The Bertz CT molecular complexity index is 723. The summed E-state index contributed by atoms with van der Waals surface area (Å²) in [5.41, 5.74) is 1.33. The minimum atomic E-state index is -0.702. The number of carbonyl (C=O) groups is 2. The number of ether oxygens (including phenoxy) is 2. The summed E-state index contributed by atoms with van der Waals surface area (Å²) in [5, 5.41) is 2.72. The van der Waals surface area contributed by atoms with E-state index in [1.54, 1.807) is 18.7 Å². The van der Waals surface area contributed by atoms with Crippen LogP contribution in [-0.2, 0) is 20.9 Å². The van der Waals surface area contributed by atoms with Gasteiger partial charge in [-0.25, -0.2) is 9.59 Å². The second-order valence-electron chi connectivity index (χ2n) is 9.16. The van der Waals surface area contributed by atoms with Gasteiger partial charge in [0, 0.05) is 10.5 Å². The van der Waals surface area contributed by atoms with Gasteiger partial charge in [-0.05, 0) is 49.0 Å². The molecule has 0 aromatic heterocycles. The molecule has 4 atom stereocenters. The summed E-state index contributed by atoms with van der Waals surface area (Å²) in [4.78, 5) is 24.7. The van der Waals surface area contributed by atoms with Gasteiger partial charge in [0.15, 0.2) is 0 Å². The second kappa shape index (κ2) is 8.99. The Hall–Kier alpha value is -1.69. The lowest BCUT2D eigenvalue weighted by Crippen LogP contribution is -2.45. The molecule has 1 aromatic carbocycles. The van der Waals surface area contributed by atoms with Crippen LogP contribution in [0.25, 0.3) is 0 Å². The van der Waals surface area contributed by atoms with Gasteiger partial charge >= 0.3 is 12.1 Å². The van der Waals surface area contributed by atoms with Gasteiger partial charge in [0.05, 0.1) is 6.61 Å². The third kappa shape index (κ3) is 5.27. The number of thioether (sulfide) groups is 1. The van der Waals surface area contributed by atoms with Crippen LogP contribution in [0.15, 0.2) is 30.3 Å². The Morgan fingerprint density at radius 2 is 1.86 bits per heavy atom. The molecule has 2 bridgehead atoms. The minimum Gasteiger partial charge on any atom is -0.464 e. The summed E-state index contributed by atoms with van der Waals surface area (Å²) in [6.45, 7) is 9.28. The SMILES string of the molecule is CCOC(=O)[C@H](CSC1(C)CC2CC1CC2(C)C)NC(=O)OCc1ccccc1. The molecule has 3 unspecified atom stereocenters. The van der Waals surface area contributed by atoms with Gasteiger partial charge in [-0.3, -0.25) is 0 Å². The molecule has 6 heteroatoms. The van der Waals surface area contributed by atoms with Gasteiger partial charge < -0.3 is 14.8 Å². The van der Waals surface area contributed by atoms with E-state index in [2.05, 4.69) is 26.1 Å². The average molecular weight is 420 g/mol. The van der Waals surface area contributed by atoms with E-state index in [9.17, 15) is 9.59 Å². The summed E-state index contributed by atoms with van der Waals surface area (Å²) < 4.78 is 10.6. The van der Waals surface area contributed by atoms with Crippen molar-refractivity contribution in [1.29, 1.82) is 0 Å². The van der Waals surface area contributed by atoms with E-state index in [1.807, 2.05) is 30.3 Å². The number of hydrogen-bond donors (Lipinski definition) is 1. The Kier molecular flexibility index (Phi) is 6.82. The molecule has 1 N–H and O–H groups in total. The third-order valence-corrected chi connectivity index (χ3v) is 8.28. The van der Waals surface area contributed by atoms with Crippen LogP contribution in [0, 0.1) is 17.3 Å². The van der Waals surface area contributed by atoms with Crippen molar-refractivity contribution in [3.63, 3.8) is 0 Å². The Morgan fingerprint density at radius 1 is 1.14 bits per heavy atom. The lowest BCUT2D eigenvalue weighted by Gasteiger charge is -2.41. The molecule has 1 aromatic rings. The van der Waals surface area contributed by atoms with Gasteiger partial charge in [0.2, 0.25) is 0 Å². The van der Waals surface area contributed by atoms with Gasteiger partial charge in [0.25, 0.3) is 0 Å². The van der Waals surface area contributed by atoms with E-state index in [0.717, 1.165) is 11.5 Å². The van der Waals surface area contributed by atoms with Crippen molar-refractivity contribution < 1.29 is 19.1 Å². The highest BCUT2D eigenvalue weighted by molar-refractivity contribution is 8.00. The van der Waals surface area contributed by atoms with Crippen LogP contribution in [0.5, 0.6) is 0 Å². The number of alkyl carbamates (subject to hydrolysis) is 1. The first-order valence-electron chi connectivity index (χ1n) is 10.5. The zero-order chi connectivity index (χ0) is 21.1. The molecule has 160 valence electrons. The normalized spacial score (nSPS) is 28.0.